The van der Waals surface area contributed by atoms with Crippen LogP contribution in [0.4, 0.5) is 5.69 Å². The molecule has 2 atom stereocenters. The number of carbonyl (C=O) groups excluding carboxylic acids is 1. The number of hydrogen-bond donors (Lipinski definition) is 0. The molecule has 0 spiro atoms. The summed E-state index contributed by atoms with van der Waals surface area (Å²) in [5.41, 5.74) is 1.47. The van der Waals surface area contributed by atoms with Crippen molar-refractivity contribution in [2.45, 2.75) is 12.1 Å². The highest BCUT2D eigenvalue weighted by molar-refractivity contribution is 6.34. The van der Waals surface area contributed by atoms with Gasteiger partial charge in [-0.15, -0.1) is 0 Å². The van der Waals surface area contributed by atoms with Gasteiger partial charge in [-0.2, -0.15) is 0 Å². The van der Waals surface area contributed by atoms with Crippen molar-refractivity contribution in [3.63, 3.8) is 0 Å². The van der Waals surface area contributed by atoms with Gasteiger partial charge in [-0.05, 0) is 54.1 Å². The molecule has 160 valence electrons. The molecule has 3 aromatic rings. The fourth-order valence-corrected chi connectivity index (χ4v) is 3.88. The van der Waals surface area contributed by atoms with Crippen LogP contribution in [0.3, 0.4) is 0 Å². The van der Waals surface area contributed by atoms with Gasteiger partial charge in [0.25, 0.3) is 5.91 Å². The first-order valence-corrected chi connectivity index (χ1v) is 10.1. The van der Waals surface area contributed by atoms with Crippen molar-refractivity contribution in [2.75, 3.05) is 26.2 Å². The molecule has 0 aliphatic carbocycles. The third-order valence-electron chi connectivity index (χ3n) is 5.23. The van der Waals surface area contributed by atoms with Crippen LogP contribution in [0.5, 0.6) is 23.0 Å². The van der Waals surface area contributed by atoms with E-state index in [2.05, 4.69) is 0 Å². The lowest BCUT2D eigenvalue weighted by atomic mass is 9.89. The maximum absolute atomic E-state index is 13.2. The SMILES string of the molecule is COc1ccc(OC2C(=O)N(c3ccccc3Cl)C2c2ccc(OC)c(OC)c2)cc1. The van der Waals surface area contributed by atoms with E-state index in [0.717, 1.165) is 5.56 Å². The van der Waals surface area contributed by atoms with Crippen LogP contribution in [0.1, 0.15) is 11.6 Å². The zero-order valence-electron chi connectivity index (χ0n) is 17.4. The molecular weight excluding hydrogens is 418 g/mol. The number of para-hydroxylation sites is 1. The van der Waals surface area contributed by atoms with Gasteiger partial charge in [0.1, 0.15) is 17.5 Å². The van der Waals surface area contributed by atoms with Gasteiger partial charge in [0.15, 0.2) is 11.5 Å². The maximum Gasteiger partial charge on any atom is 0.271 e. The Kier molecular flexibility index (Phi) is 5.91. The van der Waals surface area contributed by atoms with E-state index in [4.69, 9.17) is 30.5 Å². The van der Waals surface area contributed by atoms with Crippen molar-refractivity contribution in [1.82, 2.24) is 0 Å². The van der Waals surface area contributed by atoms with E-state index in [9.17, 15) is 4.79 Å². The predicted octanol–water partition coefficient (Wildman–Crippen LogP) is 4.90. The number of methoxy groups -OCH3 is 3. The van der Waals surface area contributed by atoms with Crippen molar-refractivity contribution in [2.24, 2.45) is 0 Å². The van der Waals surface area contributed by atoms with Crippen LogP contribution in [0.25, 0.3) is 0 Å². The number of rotatable bonds is 7. The number of β-lactam (4-membered cyclic amide) rings is 1. The summed E-state index contributed by atoms with van der Waals surface area (Å²) in [5, 5.41) is 0.490. The predicted molar refractivity (Wildman–Crippen MR) is 119 cm³/mol. The number of amides is 1. The highest BCUT2D eigenvalue weighted by Crippen LogP contribution is 2.45. The molecule has 4 rings (SSSR count). The smallest absolute Gasteiger partial charge is 0.271 e. The lowest BCUT2D eigenvalue weighted by molar-refractivity contribution is -0.135. The van der Waals surface area contributed by atoms with E-state index in [1.54, 1.807) is 56.6 Å². The van der Waals surface area contributed by atoms with Gasteiger partial charge in [-0.1, -0.05) is 29.8 Å². The Hall–Kier alpha value is -3.38. The third kappa shape index (κ3) is 3.86. The molecule has 0 saturated carbocycles. The lowest BCUT2D eigenvalue weighted by Gasteiger charge is -2.47. The molecule has 3 aromatic carbocycles. The number of ether oxygens (including phenoxy) is 4. The van der Waals surface area contributed by atoms with Gasteiger partial charge in [-0.25, -0.2) is 0 Å². The molecule has 7 heteroatoms. The Morgan fingerprint density at radius 3 is 2.13 bits per heavy atom. The van der Waals surface area contributed by atoms with Crippen LogP contribution in [0, 0.1) is 0 Å². The lowest BCUT2D eigenvalue weighted by Crippen LogP contribution is -2.61. The highest BCUT2D eigenvalue weighted by Gasteiger charge is 2.51. The van der Waals surface area contributed by atoms with E-state index >= 15 is 0 Å². The number of benzene rings is 3. The Labute approximate surface area is 185 Å². The first-order chi connectivity index (χ1) is 15.1. The Bertz CT molecular complexity index is 1090. The largest absolute Gasteiger partial charge is 0.497 e. The number of hydrogen-bond acceptors (Lipinski definition) is 5. The Morgan fingerprint density at radius 1 is 0.806 bits per heavy atom. The summed E-state index contributed by atoms with van der Waals surface area (Å²) in [6.07, 6.45) is -0.720. The van der Waals surface area contributed by atoms with E-state index in [-0.39, 0.29) is 5.91 Å². The molecule has 0 radical (unpaired) electrons. The van der Waals surface area contributed by atoms with Gasteiger partial charge >= 0.3 is 0 Å². The Morgan fingerprint density at radius 2 is 1.48 bits per heavy atom. The van der Waals surface area contributed by atoms with Crippen molar-refractivity contribution >= 4 is 23.2 Å². The minimum Gasteiger partial charge on any atom is -0.497 e. The molecule has 6 nitrogen and oxygen atoms in total. The zero-order chi connectivity index (χ0) is 22.0. The molecule has 1 heterocycles. The number of nitrogens with zero attached hydrogens (tertiary/aromatic N) is 1. The summed E-state index contributed by atoms with van der Waals surface area (Å²) in [6, 6.07) is 19.5. The number of halogens is 1. The Balaban J connectivity index is 1.72. The monoisotopic (exact) mass is 439 g/mol. The fraction of sp³-hybridized carbons (Fsp3) is 0.208. The first-order valence-electron chi connectivity index (χ1n) is 9.67. The average molecular weight is 440 g/mol. The minimum atomic E-state index is -0.720. The van der Waals surface area contributed by atoms with Crippen molar-refractivity contribution in [3.8, 4) is 23.0 Å². The standard InChI is InChI=1S/C24H22ClNO5/c1-28-16-9-11-17(12-10-16)31-23-22(15-8-13-20(29-2)21(14-15)30-3)26(24(23)27)19-7-5-4-6-18(19)25/h4-14,22-23H,1-3H3. The van der Waals surface area contributed by atoms with Gasteiger partial charge < -0.3 is 18.9 Å². The summed E-state index contributed by atoms with van der Waals surface area (Å²) >= 11 is 6.40. The summed E-state index contributed by atoms with van der Waals surface area (Å²) < 4.78 is 22.1. The van der Waals surface area contributed by atoms with Crippen LogP contribution in [0.2, 0.25) is 5.02 Å². The molecule has 0 bridgehead atoms. The topological polar surface area (TPSA) is 57.2 Å². The normalized spacial score (nSPS) is 17.7. The summed E-state index contributed by atoms with van der Waals surface area (Å²) in [5.74, 6) is 2.28. The molecule has 0 N–H and O–H groups in total. The zero-order valence-corrected chi connectivity index (χ0v) is 18.1. The second kappa shape index (κ2) is 8.78. The quantitative estimate of drug-likeness (QED) is 0.490. The van der Waals surface area contributed by atoms with E-state index in [1.807, 2.05) is 36.4 Å². The van der Waals surface area contributed by atoms with Crippen LogP contribution < -0.4 is 23.8 Å². The number of carbonyl (C=O) groups is 1. The molecule has 1 amide bonds. The molecule has 1 aliphatic rings. The van der Waals surface area contributed by atoms with Crippen LogP contribution in [0.15, 0.2) is 66.7 Å². The summed E-state index contributed by atoms with van der Waals surface area (Å²) in [6.45, 7) is 0. The van der Waals surface area contributed by atoms with Crippen LogP contribution >= 0.6 is 11.6 Å². The molecule has 1 aliphatic heterocycles. The van der Waals surface area contributed by atoms with Crippen LogP contribution in [-0.2, 0) is 4.79 Å². The second-order valence-electron chi connectivity index (χ2n) is 6.93. The van der Waals surface area contributed by atoms with Crippen molar-refractivity contribution < 1.29 is 23.7 Å². The maximum atomic E-state index is 13.2. The van der Waals surface area contributed by atoms with Gasteiger partial charge in [0, 0.05) is 0 Å². The van der Waals surface area contributed by atoms with Crippen LogP contribution in [-0.4, -0.2) is 33.3 Å². The van der Waals surface area contributed by atoms with Crippen molar-refractivity contribution in [1.29, 1.82) is 0 Å². The summed E-state index contributed by atoms with van der Waals surface area (Å²) in [4.78, 5) is 14.8. The second-order valence-corrected chi connectivity index (χ2v) is 7.34. The van der Waals surface area contributed by atoms with Gasteiger partial charge in [0.2, 0.25) is 6.10 Å². The van der Waals surface area contributed by atoms with Crippen molar-refractivity contribution in [3.05, 3.63) is 77.3 Å². The highest BCUT2D eigenvalue weighted by atomic mass is 35.5. The average Bonchev–Trinajstić information content (AvgIpc) is 2.81. The molecular formula is C24H22ClNO5. The van der Waals surface area contributed by atoms with Gasteiger partial charge in [0.05, 0.1) is 32.0 Å². The van der Waals surface area contributed by atoms with E-state index in [0.29, 0.717) is 33.7 Å². The third-order valence-corrected chi connectivity index (χ3v) is 5.55. The molecule has 0 aromatic heterocycles. The van der Waals surface area contributed by atoms with E-state index < -0.39 is 12.1 Å². The molecule has 31 heavy (non-hydrogen) atoms. The van der Waals surface area contributed by atoms with E-state index in [1.165, 1.54) is 0 Å². The van der Waals surface area contributed by atoms with Gasteiger partial charge in [-0.3, -0.25) is 9.69 Å². The summed E-state index contributed by atoms with van der Waals surface area (Å²) in [7, 11) is 4.75. The minimum absolute atomic E-state index is 0.177. The first kappa shape index (κ1) is 20.9. The fourth-order valence-electron chi connectivity index (χ4n) is 3.65. The molecule has 1 fully saturated rings. The molecule has 1 saturated heterocycles. The molecule has 2 unspecified atom stereocenters. The number of anilines is 1.